The Morgan fingerprint density at radius 1 is 1.00 bits per heavy atom. The summed E-state index contributed by atoms with van der Waals surface area (Å²) < 4.78 is 4.71. The number of carbonyl (C=O) groups excluding carboxylic acids is 3. The van der Waals surface area contributed by atoms with E-state index in [1.54, 1.807) is 17.0 Å². The Morgan fingerprint density at radius 3 is 2.24 bits per heavy atom. The monoisotopic (exact) mass is 473 g/mol. The number of hydrogen-bond acceptors (Lipinski definition) is 5. The van der Waals surface area contributed by atoms with E-state index in [1.165, 1.54) is 19.2 Å². The molecule has 7 nitrogen and oxygen atoms in total. The van der Waals surface area contributed by atoms with Gasteiger partial charge in [-0.15, -0.1) is 0 Å². The summed E-state index contributed by atoms with van der Waals surface area (Å²) in [5.74, 6) is -1.19. The van der Waals surface area contributed by atoms with Gasteiger partial charge in [0.1, 0.15) is 6.04 Å². The molecule has 0 aliphatic carbocycles. The van der Waals surface area contributed by atoms with Crippen LogP contribution in [0.3, 0.4) is 0 Å². The third-order valence-electron chi connectivity index (χ3n) is 5.53. The summed E-state index contributed by atoms with van der Waals surface area (Å²) in [6.07, 6.45) is -0.0129. The topological polar surface area (TPSA) is 79.0 Å². The number of hydrogen-bond donors (Lipinski definition) is 1. The lowest BCUT2D eigenvalue weighted by molar-refractivity contribution is -0.122. The van der Waals surface area contributed by atoms with Gasteiger partial charge in [0, 0.05) is 12.2 Å². The average Bonchev–Trinajstić information content (AvgIpc) is 3.16. The van der Waals surface area contributed by atoms with Crippen LogP contribution in [-0.4, -0.2) is 40.9 Å². The number of ether oxygens (including phenoxy) is 1. The smallest absolute Gasteiger partial charge is 0.337 e. The number of carbonyl (C=O) groups is 3. The first kappa shape index (κ1) is 23.1. The molecule has 1 saturated heterocycles. The van der Waals surface area contributed by atoms with Crippen LogP contribution in [-0.2, 0) is 20.9 Å². The summed E-state index contributed by atoms with van der Waals surface area (Å²) in [6, 6.07) is 24.5. The minimum atomic E-state index is -0.767. The van der Waals surface area contributed by atoms with E-state index in [9.17, 15) is 14.4 Å². The number of amides is 2. The third-order valence-corrected chi connectivity index (χ3v) is 5.86. The van der Waals surface area contributed by atoms with Crippen LogP contribution in [0.1, 0.15) is 22.3 Å². The molecular weight excluding hydrogens is 450 g/mol. The summed E-state index contributed by atoms with van der Waals surface area (Å²) in [4.78, 5) is 41.0. The van der Waals surface area contributed by atoms with Gasteiger partial charge in [0.2, 0.25) is 5.91 Å². The molecule has 8 heteroatoms. The van der Waals surface area contributed by atoms with Crippen LogP contribution in [0.5, 0.6) is 0 Å². The number of para-hydroxylation sites is 1. The maximum Gasteiger partial charge on any atom is 0.337 e. The minimum Gasteiger partial charge on any atom is -0.465 e. The zero-order valence-corrected chi connectivity index (χ0v) is 19.3. The van der Waals surface area contributed by atoms with Crippen LogP contribution in [0.2, 0.25) is 0 Å². The summed E-state index contributed by atoms with van der Waals surface area (Å²) >= 11 is 5.68. The van der Waals surface area contributed by atoms with Gasteiger partial charge >= 0.3 is 5.97 Å². The molecule has 1 aliphatic heterocycles. The second-order valence-electron chi connectivity index (χ2n) is 7.74. The van der Waals surface area contributed by atoms with E-state index in [-0.39, 0.29) is 18.2 Å². The molecule has 3 aromatic rings. The van der Waals surface area contributed by atoms with Gasteiger partial charge in [0.15, 0.2) is 5.11 Å². The molecule has 0 aromatic heterocycles. The molecule has 1 aliphatic rings. The lowest BCUT2D eigenvalue weighted by atomic mass is 10.1. The van der Waals surface area contributed by atoms with Crippen LogP contribution in [0, 0.1) is 0 Å². The Morgan fingerprint density at radius 2 is 1.62 bits per heavy atom. The largest absolute Gasteiger partial charge is 0.465 e. The van der Waals surface area contributed by atoms with Crippen molar-refractivity contribution in [1.29, 1.82) is 0 Å². The van der Waals surface area contributed by atoms with Crippen LogP contribution < -0.4 is 10.2 Å². The number of benzene rings is 3. The van der Waals surface area contributed by atoms with Gasteiger partial charge in [0.25, 0.3) is 5.91 Å². The van der Waals surface area contributed by atoms with Crippen LogP contribution in [0.15, 0.2) is 84.9 Å². The molecule has 0 saturated carbocycles. The lowest BCUT2D eigenvalue weighted by Crippen LogP contribution is -2.46. The highest BCUT2D eigenvalue weighted by atomic mass is 32.1. The molecule has 0 radical (unpaired) electrons. The molecule has 2 amide bonds. The molecule has 0 spiro atoms. The zero-order valence-electron chi connectivity index (χ0n) is 18.5. The van der Waals surface area contributed by atoms with E-state index in [0.717, 1.165) is 16.2 Å². The number of rotatable bonds is 6. The van der Waals surface area contributed by atoms with Crippen LogP contribution >= 0.6 is 12.2 Å². The lowest BCUT2D eigenvalue weighted by Gasteiger charge is -2.30. The SMILES string of the molecule is COC(=O)c1ccc(N2C(=O)C[C@H](N(Cc3ccccc3)C(=S)Nc3ccccc3)C2=O)cc1. The standard InChI is InChI=1S/C26H23N3O4S/c1-33-25(32)19-12-14-21(15-13-19)29-23(30)16-22(24(29)31)28(17-18-8-4-2-5-9-18)26(34)27-20-10-6-3-7-11-20/h2-15,22H,16-17H2,1H3,(H,27,34)/t22-/m0/s1. The van der Waals surface area contributed by atoms with Crippen molar-refractivity contribution >= 4 is 46.5 Å². The molecule has 34 heavy (non-hydrogen) atoms. The summed E-state index contributed by atoms with van der Waals surface area (Å²) in [5.41, 5.74) is 2.48. The third kappa shape index (κ3) is 4.97. The summed E-state index contributed by atoms with van der Waals surface area (Å²) in [6.45, 7) is 0.359. The van der Waals surface area contributed by atoms with Crippen molar-refractivity contribution in [3.63, 3.8) is 0 Å². The maximum absolute atomic E-state index is 13.5. The van der Waals surface area contributed by atoms with E-state index in [0.29, 0.717) is 22.9 Å². The fourth-order valence-electron chi connectivity index (χ4n) is 3.82. The maximum atomic E-state index is 13.5. The summed E-state index contributed by atoms with van der Waals surface area (Å²) in [7, 11) is 1.29. The number of nitrogens with zero attached hydrogens (tertiary/aromatic N) is 2. The minimum absolute atomic E-state index is 0.0129. The molecule has 172 valence electrons. The molecule has 1 atom stereocenters. The van der Waals surface area contributed by atoms with Gasteiger partial charge in [-0.05, 0) is 54.2 Å². The van der Waals surface area contributed by atoms with Gasteiger partial charge in [-0.2, -0.15) is 0 Å². The van der Waals surface area contributed by atoms with E-state index >= 15 is 0 Å². The van der Waals surface area contributed by atoms with Gasteiger partial charge in [-0.25, -0.2) is 9.69 Å². The Balaban J connectivity index is 1.60. The first-order chi connectivity index (χ1) is 16.5. The van der Waals surface area contributed by atoms with Gasteiger partial charge in [-0.1, -0.05) is 48.5 Å². The summed E-state index contributed by atoms with van der Waals surface area (Å²) in [5, 5.41) is 3.53. The van der Waals surface area contributed by atoms with E-state index in [4.69, 9.17) is 17.0 Å². The highest BCUT2D eigenvalue weighted by Gasteiger charge is 2.43. The first-order valence-electron chi connectivity index (χ1n) is 10.7. The van der Waals surface area contributed by atoms with Crippen LogP contribution in [0.25, 0.3) is 0 Å². The van der Waals surface area contributed by atoms with Crippen molar-refractivity contribution in [2.24, 2.45) is 0 Å². The number of anilines is 2. The quantitative estimate of drug-likeness (QED) is 0.329. The second-order valence-corrected chi connectivity index (χ2v) is 8.12. The predicted octanol–water partition coefficient (Wildman–Crippen LogP) is 4.00. The number of thiocarbonyl (C=S) groups is 1. The molecule has 1 N–H and O–H groups in total. The molecule has 0 bridgehead atoms. The fraction of sp³-hybridized carbons (Fsp3) is 0.154. The van der Waals surface area contributed by atoms with Crippen molar-refractivity contribution in [2.45, 2.75) is 19.0 Å². The highest BCUT2D eigenvalue weighted by molar-refractivity contribution is 7.80. The molecule has 1 fully saturated rings. The first-order valence-corrected chi connectivity index (χ1v) is 11.1. The van der Waals surface area contributed by atoms with Crippen molar-refractivity contribution < 1.29 is 19.1 Å². The number of nitrogens with one attached hydrogen (secondary N) is 1. The van der Waals surface area contributed by atoms with E-state index in [2.05, 4.69) is 5.32 Å². The van der Waals surface area contributed by atoms with Crippen molar-refractivity contribution in [2.75, 3.05) is 17.3 Å². The Hall–Kier alpha value is -4.04. The Kier molecular flexibility index (Phi) is 6.98. The van der Waals surface area contributed by atoms with Gasteiger partial charge < -0.3 is 15.0 Å². The average molecular weight is 474 g/mol. The number of methoxy groups -OCH3 is 1. The highest BCUT2D eigenvalue weighted by Crippen LogP contribution is 2.28. The number of esters is 1. The van der Waals surface area contributed by atoms with E-state index in [1.807, 2.05) is 60.7 Å². The molecule has 3 aromatic carbocycles. The molecule has 4 rings (SSSR count). The Bertz CT molecular complexity index is 1200. The van der Waals surface area contributed by atoms with Gasteiger partial charge in [0.05, 0.1) is 24.8 Å². The normalized spacial score (nSPS) is 15.2. The number of imide groups is 1. The van der Waals surface area contributed by atoms with Crippen molar-refractivity contribution in [1.82, 2.24) is 4.90 Å². The molecule has 0 unspecified atom stereocenters. The van der Waals surface area contributed by atoms with Crippen molar-refractivity contribution in [3.05, 3.63) is 96.1 Å². The van der Waals surface area contributed by atoms with E-state index < -0.39 is 12.0 Å². The fourth-order valence-corrected chi connectivity index (χ4v) is 4.13. The Labute approximate surface area is 202 Å². The molecular formula is C26H23N3O4S. The predicted molar refractivity (Wildman–Crippen MR) is 133 cm³/mol. The molecule has 1 heterocycles. The van der Waals surface area contributed by atoms with Gasteiger partial charge in [-0.3, -0.25) is 9.59 Å². The second kappa shape index (κ2) is 10.3. The van der Waals surface area contributed by atoms with Crippen LogP contribution in [0.4, 0.5) is 11.4 Å². The zero-order chi connectivity index (χ0) is 24.1. The van der Waals surface area contributed by atoms with Crippen molar-refractivity contribution in [3.8, 4) is 0 Å².